The van der Waals surface area contributed by atoms with Crippen LogP contribution in [0.4, 0.5) is 0 Å². The Balaban J connectivity index is 2.68. The van der Waals surface area contributed by atoms with E-state index in [1.165, 1.54) is 24.1 Å². The molecule has 1 aromatic rings. The zero-order valence-electron chi connectivity index (χ0n) is 9.99. The summed E-state index contributed by atoms with van der Waals surface area (Å²) in [6.45, 7) is 7.86. The van der Waals surface area contributed by atoms with Crippen LogP contribution in [0.15, 0.2) is 11.7 Å². The van der Waals surface area contributed by atoms with E-state index in [0.29, 0.717) is 6.04 Å². The molecule has 1 heterocycles. The molecule has 0 aromatic carbocycles. The van der Waals surface area contributed by atoms with Gasteiger partial charge in [-0.25, -0.2) is 0 Å². The van der Waals surface area contributed by atoms with Crippen LogP contribution < -0.4 is 5.32 Å². The van der Waals surface area contributed by atoms with E-state index in [1.54, 1.807) is 11.3 Å². The predicted molar refractivity (Wildman–Crippen MR) is 67.2 cm³/mol. The highest BCUT2D eigenvalue weighted by molar-refractivity contribution is 7.09. The van der Waals surface area contributed by atoms with Crippen molar-refractivity contribution in [3.05, 3.63) is 16.6 Å². The van der Waals surface area contributed by atoms with Gasteiger partial charge in [0.25, 0.3) is 0 Å². The SMILES string of the molecule is CCCNC(c1cncs1)C(CC)CC. The molecule has 0 spiro atoms. The van der Waals surface area contributed by atoms with Crippen molar-refractivity contribution in [2.24, 2.45) is 5.92 Å². The van der Waals surface area contributed by atoms with Gasteiger partial charge in [-0.2, -0.15) is 0 Å². The average molecular weight is 226 g/mol. The highest BCUT2D eigenvalue weighted by Crippen LogP contribution is 2.29. The first-order valence-electron chi connectivity index (χ1n) is 5.95. The van der Waals surface area contributed by atoms with Crippen LogP contribution >= 0.6 is 11.3 Å². The Morgan fingerprint density at radius 1 is 1.33 bits per heavy atom. The Labute approximate surface area is 97.1 Å². The van der Waals surface area contributed by atoms with Crippen LogP contribution in [0, 0.1) is 5.92 Å². The largest absolute Gasteiger partial charge is 0.309 e. The average Bonchev–Trinajstić information content (AvgIpc) is 2.77. The second-order valence-corrected chi connectivity index (χ2v) is 4.83. The molecule has 0 fully saturated rings. The molecule has 0 saturated carbocycles. The minimum atomic E-state index is 0.507. The Kier molecular flexibility index (Phi) is 5.88. The van der Waals surface area contributed by atoms with Gasteiger partial charge < -0.3 is 5.32 Å². The summed E-state index contributed by atoms with van der Waals surface area (Å²) in [4.78, 5) is 5.57. The molecule has 2 nitrogen and oxygen atoms in total. The maximum Gasteiger partial charge on any atom is 0.0794 e. The van der Waals surface area contributed by atoms with Crippen molar-refractivity contribution < 1.29 is 0 Å². The molecule has 0 aliphatic heterocycles. The molecule has 0 aliphatic carbocycles. The van der Waals surface area contributed by atoms with Gasteiger partial charge in [-0.05, 0) is 18.9 Å². The zero-order valence-corrected chi connectivity index (χ0v) is 10.8. The van der Waals surface area contributed by atoms with Gasteiger partial charge in [0.15, 0.2) is 0 Å². The van der Waals surface area contributed by atoms with Gasteiger partial charge in [0, 0.05) is 17.1 Å². The van der Waals surface area contributed by atoms with E-state index >= 15 is 0 Å². The summed E-state index contributed by atoms with van der Waals surface area (Å²) in [6.07, 6.45) is 5.66. The lowest BCUT2D eigenvalue weighted by Gasteiger charge is -2.25. The van der Waals surface area contributed by atoms with Crippen molar-refractivity contribution in [2.45, 2.75) is 46.1 Å². The van der Waals surface area contributed by atoms with Crippen molar-refractivity contribution >= 4 is 11.3 Å². The molecule has 1 atom stereocenters. The fourth-order valence-corrected chi connectivity index (χ4v) is 2.73. The van der Waals surface area contributed by atoms with Gasteiger partial charge in [0.2, 0.25) is 0 Å². The molecule has 86 valence electrons. The van der Waals surface area contributed by atoms with Gasteiger partial charge in [0.1, 0.15) is 0 Å². The van der Waals surface area contributed by atoms with Crippen LogP contribution in [0.1, 0.15) is 51.0 Å². The lowest BCUT2D eigenvalue weighted by atomic mass is 9.93. The molecule has 0 amide bonds. The van der Waals surface area contributed by atoms with Crippen molar-refractivity contribution in [2.75, 3.05) is 6.54 Å². The molecule has 1 unspecified atom stereocenters. The summed E-state index contributed by atoms with van der Waals surface area (Å²) in [5, 5.41) is 3.64. The van der Waals surface area contributed by atoms with Gasteiger partial charge in [-0.1, -0.05) is 33.6 Å². The summed E-state index contributed by atoms with van der Waals surface area (Å²) >= 11 is 1.77. The monoisotopic (exact) mass is 226 g/mol. The second kappa shape index (κ2) is 6.96. The smallest absolute Gasteiger partial charge is 0.0794 e. The summed E-state index contributed by atoms with van der Waals surface area (Å²) in [5.74, 6) is 0.733. The molecule has 1 N–H and O–H groups in total. The van der Waals surface area contributed by atoms with Crippen LogP contribution in [0.5, 0.6) is 0 Å². The first-order chi connectivity index (χ1) is 7.33. The first-order valence-corrected chi connectivity index (χ1v) is 6.83. The van der Waals surface area contributed by atoms with E-state index in [2.05, 4.69) is 31.1 Å². The van der Waals surface area contributed by atoms with E-state index in [9.17, 15) is 0 Å². The summed E-state index contributed by atoms with van der Waals surface area (Å²) < 4.78 is 0. The number of hydrogen-bond donors (Lipinski definition) is 1. The third-order valence-electron chi connectivity index (χ3n) is 2.89. The maximum atomic E-state index is 4.18. The minimum Gasteiger partial charge on any atom is -0.309 e. The number of aromatic nitrogens is 1. The fourth-order valence-electron chi connectivity index (χ4n) is 1.94. The number of hydrogen-bond acceptors (Lipinski definition) is 3. The quantitative estimate of drug-likeness (QED) is 0.768. The van der Waals surface area contributed by atoms with E-state index in [0.717, 1.165) is 12.5 Å². The Hall–Kier alpha value is -0.410. The molecule has 0 radical (unpaired) electrons. The van der Waals surface area contributed by atoms with Crippen molar-refractivity contribution in [1.29, 1.82) is 0 Å². The fraction of sp³-hybridized carbons (Fsp3) is 0.750. The topological polar surface area (TPSA) is 24.9 Å². The molecule has 0 aliphatic rings. The lowest BCUT2D eigenvalue weighted by Crippen LogP contribution is -2.27. The first kappa shape index (κ1) is 12.7. The van der Waals surface area contributed by atoms with Gasteiger partial charge in [-0.15, -0.1) is 11.3 Å². The molecule has 0 saturated heterocycles. The van der Waals surface area contributed by atoms with Crippen molar-refractivity contribution in [3.8, 4) is 0 Å². The van der Waals surface area contributed by atoms with Crippen LogP contribution in [0.3, 0.4) is 0 Å². The third-order valence-corrected chi connectivity index (χ3v) is 3.75. The van der Waals surface area contributed by atoms with E-state index < -0.39 is 0 Å². The van der Waals surface area contributed by atoms with E-state index in [4.69, 9.17) is 0 Å². The summed E-state index contributed by atoms with van der Waals surface area (Å²) in [6, 6.07) is 0.507. The van der Waals surface area contributed by atoms with Crippen LogP contribution in [0.2, 0.25) is 0 Å². The normalized spacial score (nSPS) is 13.3. The van der Waals surface area contributed by atoms with Crippen LogP contribution in [-0.2, 0) is 0 Å². The molecule has 1 aromatic heterocycles. The Morgan fingerprint density at radius 2 is 2.07 bits per heavy atom. The predicted octanol–water partition coefficient (Wildman–Crippen LogP) is 3.62. The third kappa shape index (κ3) is 3.58. The second-order valence-electron chi connectivity index (χ2n) is 3.91. The van der Waals surface area contributed by atoms with Gasteiger partial charge in [0.05, 0.1) is 5.51 Å². The molecule has 1 rings (SSSR count). The molecular formula is C12H22N2S. The van der Waals surface area contributed by atoms with E-state index in [-0.39, 0.29) is 0 Å². The summed E-state index contributed by atoms with van der Waals surface area (Å²) in [5.41, 5.74) is 1.93. The maximum absolute atomic E-state index is 4.18. The molecular weight excluding hydrogens is 204 g/mol. The summed E-state index contributed by atoms with van der Waals surface area (Å²) in [7, 11) is 0. The van der Waals surface area contributed by atoms with Crippen molar-refractivity contribution in [3.63, 3.8) is 0 Å². The molecule has 0 bridgehead atoms. The van der Waals surface area contributed by atoms with Crippen LogP contribution in [0.25, 0.3) is 0 Å². The van der Waals surface area contributed by atoms with Crippen LogP contribution in [-0.4, -0.2) is 11.5 Å². The lowest BCUT2D eigenvalue weighted by molar-refractivity contribution is 0.345. The molecule has 15 heavy (non-hydrogen) atoms. The number of nitrogens with zero attached hydrogens (tertiary/aromatic N) is 1. The number of thiazole rings is 1. The molecule has 3 heteroatoms. The Morgan fingerprint density at radius 3 is 2.53 bits per heavy atom. The van der Waals surface area contributed by atoms with E-state index in [1.807, 2.05) is 11.7 Å². The number of rotatable bonds is 7. The number of nitrogens with one attached hydrogen (secondary N) is 1. The standard InChI is InChI=1S/C12H22N2S/c1-4-7-14-12(10(5-2)6-3)11-8-13-9-15-11/h8-10,12,14H,4-7H2,1-3H3. The van der Waals surface area contributed by atoms with Gasteiger partial charge >= 0.3 is 0 Å². The highest BCUT2D eigenvalue weighted by atomic mass is 32.1. The highest BCUT2D eigenvalue weighted by Gasteiger charge is 2.20. The van der Waals surface area contributed by atoms with Gasteiger partial charge in [-0.3, -0.25) is 4.98 Å². The zero-order chi connectivity index (χ0) is 11.1. The Bertz CT molecular complexity index is 242. The van der Waals surface area contributed by atoms with Crippen molar-refractivity contribution in [1.82, 2.24) is 10.3 Å². The minimum absolute atomic E-state index is 0.507.